The maximum atomic E-state index is 12.0. The molecule has 0 radical (unpaired) electrons. The summed E-state index contributed by atoms with van der Waals surface area (Å²) in [5.74, 6) is -3.84. The molecule has 1 unspecified atom stereocenters. The third-order valence-corrected chi connectivity index (χ3v) is 6.61. The van der Waals surface area contributed by atoms with Gasteiger partial charge in [-0.25, -0.2) is 0 Å². The number of unbranched alkanes of at least 4 members (excludes halogenated alkanes) is 10. The molecule has 174 valence electrons. The summed E-state index contributed by atoms with van der Waals surface area (Å²) in [6, 6.07) is 0. The van der Waals surface area contributed by atoms with Gasteiger partial charge in [-0.05, 0) is 12.8 Å². The van der Waals surface area contributed by atoms with E-state index in [1.54, 1.807) is 0 Å². The van der Waals surface area contributed by atoms with Gasteiger partial charge >= 0.3 is 59.1 Å². The molecule has 0 aromatic heterocycles. The summed E-state index contributed by atoms with van der Waals surface area (Å²) in [5.41, 5.74) is -2.18. The van der Waals surface area contributed by atoms with Crippen molar-refractivity contribution >= 4 is 22.1 Å². The average molecular weight is 485 g/mol. The molecule has 0 aromatic carbocycles. The van der Waals surface area contributed by atoms with E-state index in [1.807, 2.05) is 0 Å². The molecule has 0 aliphatic heterocycles. The van der Waals surface area contributed by atoms with Crippen LogP contribution in [-0.2, 0) is 19.7 Å². The maximum absolute atomic E-state index is 12.0. The zero-order valence-electron chi connectivity index (χ0n) is 19.8. The topological polar surface area (TPSA) is 166 Å². The molecule has 3 N–H and O–H groups in total. The Morgan fingerprint density at radius 2 is 1.10 bits per heavy atom. The molecule has 0 fully saturated rings. The van der Waals surface area contributed by atoms with Gasteiger partial charge in [0.15, 0.2) is 0 Å². The second kappa shape index (κ2) is 21.4. The van der Waals surface area contributed by atoms with Crippen LogP contribution >= 0.6 is 0 Å². The number of carboxylic acids is 2. The summed E-state index contributed by atoms with van der Waals surface area (Å²) in [7, 11) is -5.15. The van der Waals surface area contributed by atoms with Crippen molar-refractivity contribution in [1.29, 1.82) is 0 Å². The maximum Gasteiger partial charge on any atom is 1.00 e. The van der Waals surface area contributed by atoms with Crippen molar-refractivity contribution in [3.8, 4) is 0 Å². The molecule has 0 aliphatic carbocycles. The average Bonchev–Trinajstić information content (AvgIpc) is 2.58. The Balaban J connectivity index is -0.00000121. The fourth-order valence-electron chi connectivity index (χ4n) is 3.77. The van der Waals surface area contributed by atoms with Gasteiger partial charge in [0.05, 0.1) is 5.97 Å². The first-order chi connectivity index (χ1) is 13.1. The first kappa shape index (κ1) is 39.0. The van der Waals surface area contributed by atoms with Crippen molar-refractivity contribution in [2.75, 3.05) is 0 Å². The number of rotatable bonds is 18. The van der Waals surface area contributed by atoms with Crippen LogP contribution in [0.25, 0.3) is 0 Å². The van der Waals surface area contributed by atoms with Gasteiger partial charge in [0.1, 0.15) is 5.25 Å². The van der Waals surface area contributed by atoms with Crippen LogP contribution in [0, 0.1) is 5.41 Å². The summed E-state index contributed by atoms with van der Waals surface area (Å²) in [6.07, 6.45) is 9.57. The van der Waals surface area contributed by atoms with E-state index in [-0.39, 0.29) is 77.4 Å². The predicted molar refractivity (Wildman–Crippen MR) is 107 cm³/mol. The fraction of sp³-hybridized carbons (Fsp3) is 0.900. The number of hydrogen-bond donors (Lipinski definition) is 1. The minimum absolute atomic E-state index is 0. The van der Waals surface area contributed by atoms with Gasteiger partial charge in [-0.1, -0.05) is 90.9 Å². The van der Waals surface area contributed by atoms with E-state index in [0.717, 1.165) is 51.4 Å². The van der Waals surface area contributed by atoms with Crippen molar-refractivity contribution in [3.63, 3.8) is 0 Å². The molecule has 8 nitrogen and oxygen atoms in total. The summed E-state index contributed by atoms with van der Waals surface area (Å²) in [4.78, 5) is 23.5. The van der Waals surface area contributed by atoms with Crippen LogP contribution in [-0.4, -0.2) is 35.6 Å². The number of aliphatic carboxylic acids is 2. The van der Waals surface area contributed by atoms with E-state index in [2.05, 4.69) is 13.8 Å². The molecule has 31 heavy (non-hydrogen) atoms. The normalized spacial score (nSPS) is 12.1. The summed E-state index contributed by atoms with van der Waals surface area (Å²) < 4.78 is 32.9. The Bertz CT molecular complexity index is 554. The van der Waals surface area contributed by atoms with E-state index < -0.39 is 32.7 Å². The smallest absolute Gasteiger partial charge is 0.549 e. The zero-order chi connectivity index (χ0) is 21.6. The predicted octanol–water partition coefficient (Wildman–Crippen LogP) is -4.59. The summed E-state index contributed by atoms with van der Waals surface area (Å²) in [5, 5.41) is 21.0. The minimum Gasteiger partial charge on any atom is -0.549 e. The molecule has 0 amide bonds. The third kappa shape index (κ3) is 15.4. The molecule has 0 bridgehead atoms. The molecule has 1 atom stereocenters. The Morgan fingerprint density at radius 3 is 1.35 bits per heavy atom. The summed E-state index contributed by atoms with van der Waals surface area (Å²) in [6.45, 7) is 4.14. The van der Waals surface area contributed by atoms with E-state index >= 15 is 0 Å². The van der Waals surface area contributed by atoms with Gasteiger partial charge in [0, 0.05) is 11.4 Å². The van der Waals surface area contributed by atoms with Crippen LogP contribution in [0.2, 0.25) is 0 Å². The Hall–Kier alpha value is 0.810. The van der Waals surface area contributed by atoms with Gasteiger partial charge in [0.25, 0.3) is 10.1 Å². The third-order valence-electron chi connectivity index (χ3n) is 5.37. The molecule has 0 aromatic rings. The number of carboxylic acid groups (broad SMARTS) is 2. The Kier molecular flexibility index (Phi) is 26.9. The van der Waals surface area contributed by atoms with Crippen LogP contribution in [0.15, 0.2) is 0 Å². The minimum atomic E-state index is -5.15. The summed E-state index contributed by atoms with van der Waals surface area (Å²) >= 11 is 0. The molecule has 0 aliphatic rings. The first-order valence-electron chi connectivity index (χ1n) is 10.5. The Labute approximate surface area is 232 Å². The van der Waals surface area contributed by atoms with Gasteiger partial charge < -0.3 is 25.3 Å². The molecule has 0 spiro atoms. The standard InChI is InChI=1S/C20H38O7S.2Na.H2O/c1-3-5-7-9-11-13-15-20(19(23)24,16-14-12-10-8-6-4-2)17(18(21)22)28(25,26)27;;;/h17H,3-16H2,1-2H3,(H,21,22)(H,23,24)(H,25,26,27);;;1H2/q;2*+1;/p-2. The number of carbonyl (C=O) groups excluding carboxylic acids is 2. The molecule has 0 saturated heterocycles. The first-order valence-corrected chi connectivity index (χ1v) is 12.0. The molecule has 0 rings (SSSR count). The number of carbonyl (C=O) groups is 2. The monoisotopic (exact) mass is 484 g/mol. The van der Waals surface area contributed by atoms with Crippen LogP contribution < -0.4 is 69.3 Å². The van der Waals surface area contributed by atoms with Gasteiger partial charge in [-0.2, -0.15) is 8.42 Å². The van der Waals surface area contributed by atoms with Crippen molar-refractivity contribution in [2.45, 2.75) is 109 Å². The van der Waals surface area contributed by atoms with Crippen LogP contribution in [0.3, 0.4) is 0 Å². The number of hydrogen-bond acceptors (Lipinski definition) is 6. The SMILES string of the molecule is CCCCCCCCC(CCCCCCCC)(C(=O)[O-])C(C(=O)[O-])S(=O)(=O)O.O.[Na+].[Na+]. The molecule has 0 heterocycles. The molecule has 0 saturated carbocycles. The zero-order valence-corrected chi connectivity index (χ0v) is 24.6. The molecule has 11 heteroatoms. The quantitative estimate of drug-likeness (QED) is 0.116. The van der Waals surface area contributed by atoms with Crippen molar-refractivity contribution in [1.82, 2.24) is 0 Å². The van der Waals surface area contributed by atoms with Crippen molar-refractivity contribution < 1.29 is 97.4 Å². The van der Waals surface area contributed by atoms with Crippen LogP contribution in [0.1, 0.15) is 104 Å². The van der Waals surface area contributed by atoms with Crippen LogP contribution in [0.5, 0.6) is 0 Å². The largest absolute Gasteiger partial charge is 1.00 e. The molecular formula is C20H38Na2O8S. The second-order valence-corrected chi connectivity index (χ2v) is 9.19. The van der Waals surface area contributed by atoms with E-state index in [9.17, 15) is 32.8 Å². The van der Waals surface area contributed by atoms with E-state index in [1.165, 1.54) is 0 Å². The molecular weight excluding hydrogens is 446 g/mol. The van der Waals surface area contributed by atoms with Crippen molar-refractivity contribution in [2.24, 2.45) is 5.41 Å². The fourth-order valence-corrected chi connectivity index (χ4v) is 4.92. The van der Waals surface area contributed by atoms with Gasteiger partial charge in [-0.15, -0.1) is 0 Å². The van der Waals surface area contributed by atoms with Crippen LogP contribution in [0.4, 0.5) is 0 Å². The van der Waals surface area contributed by atoms with Crippen molar-refractivity contribution in [3.05, 3.63) is 0 Å². The van der Waals surface area contributed by atoms with Gasteiger partial charge in [-0.3, -0.25) is 4.55 Å². The van der Waals surface area contributed by atoms with E-state index in [4.69, 9.17) is 0 Å². The van der Waals surface area contributed by atoms with Gasteiger partial charge in [0.2, 0.25) is 0 Å². The second-order valence-electron chi connectivity index (χ2n) is 7.69. The van der Waals surface area contributed by atoms with E-state index in [0.29, 0.717) is 25.7 Å². The Morgan fingerprint density at radius 1 is 0.774 bits per heavy atom.